The second-order valence-electron chi connectivity index (χ2n) is 4.74. The minimum absolute atomic E-state index is 0.0867. The highest BCUT2D eigenvalue weighted by Crippen LogP contribution is 2.27. The summed E-state index contributed by atoms with van der Waals surface area (Å²) in [5.74, 6) is -0.316. The average molecular weight is 196 g/mol. The highest BCUT2D eigenvalue weighted by molar-refractivity contribution is 5.11. The van der Waals surface area contributed by atoms with Gasteiger partial charge >= 0.3 is 0 Å². The molecule has 1 aromatic heterocycles. The Balaban J connectivity index is 2.80. The predicted molar refractivity (Wildman–Crippen MR) is 55.2 cm³/mol. The van der Waals surface area contributed by atoms with Crippen LogP contribution in [-0.4, -0.2) is 4.98 Å². The monoisotopic (exact) mass is 196 g/mol. The Kier molecular flexibility index (Phi) is 3.21. The molecule has 0 unspecified atom stereocenters. The van der Waals surface area contributed by atoms with Gasteiger partial charge in [0.05, 0.1) is 11.7 Å². The van der Waals surface area contributed by atoms with Crippen LogP contribution in [0.2, 0.25) is 0 Å². The standard InChI is InChI=1S/C11H17FN2/c1-11(2,3)7-9(13)10-8(12)5-4-6-14-10/h4-6,9H,7,13H2,1-3H3/t9-/m1/s1. The lowest BCUT2D eigenvalue weighted by Crippen LogP contribution is -2.20. The lowest BCUT2D eigenvalue weighted by atomic mass is 9.87. The smallest absolute Gasteiger partial charge is 0.146 e. The third kappa shape index (κ3) is 3.07. The zero-order valence-electron chi connectivity index (χ0n) is 8.92. The van der Waals surface area contributed by atoms with Crippen molar-refractivity contribution in [2.24, 2.45) is 11.1 Å². The van der Waals surface area contributed by atoms with Crippen molar-refractivity contribution in [2.75, 3.05) is 0 Å². The van der Waals surface area contributed by atoms with Crippen LogP contribution in [0.5, 0.6) is 0 Å². The molecule has 2 nitrogen and oxygen atoms in total. The van der Waals surface area contributed by atoms with E-state index in [2.05, 4.69) is 25.8 Å². The van der Waals surface area contributed by atoms with E-state index in [1.165, 1.54) is 6.07 Å². The highest BCUT2D eigenvalue weighted by atomic mass is 19.1. The first kappa shape index (κ1) is 11.1. The van der Waals surface area contributed by atoms with Gasteiger partial charge in [0.2, 0.25) is 0 Å². The summed E-state index contributed by atoms with van der Waals surface area (Å²) in [4.78, 5) is 3.96. The summed E-state index contributed by atoms with van der Waals surface area (Å²) < 4.78 is 13.3. The number of nitrogens with zero attached hydrogens (tertiary/aromatic N) is 1. The quantitative estimate of drug-likeness (QED) is 0.789. The Bertz CT molecular complexity index is 304. The number of hydrogen-bond acceptors (Lipinski definition) is 2. The predicted octanol–water partition coefficient (Wildman–Crippen LogP) is 2.66. The van der Waals surface area contributed by atoms with Gasteiger partial charge in [-0.3, -0.25) is 4.98 Å². The van der Waals surface area contributed by atoms with Gasteiger partial charge in [0.1, 0.15) is 5.82 Å². The first-order valence-corrected chi connectivity index (χ1v) is 4.76. The molecule has 0 radical (unpaired) electrons. The minimum atomic E-state index is -0.323. The molecule has 0 aliphatic heterocycles. The van der Waals surface area contributed by atoms with Gasteiger partial charge < -0.3 is 5.73 Å². The fourth-order valence-electron chi connectivity index (χ4n) is 1.43. The second-order valence-corrected chi connectivity index (χ2v) is 4.74. The SMILES string of the molecule is CC(C)(C)C[C@@H](N)c1ncccc1F. The molecule has 0 aromatic carbocycles. The molecule has 14 heavy (non-hydrogen) atoms. The van der Waals surface area contributed by atoms with Gasteiger partial charge in [-0.05, 0) is 24.0 Å². The van der Waals surface area contributed by atoms with E-state index in [1.807, 2.05) is 0 Å². The maximum Gasteiger partial charge on any atom is 0.146 e. The minimum Gasteiger partial charge on any atom is -0.323 e. The summed E-state index contributed by atoms with van der Waals surface area (Å²) in [6, 6.07) is 2.64. The van der Waals surface area contributed by atoms with E-state index in [1.54, 1.807) is 12.3 Å². The molecular formula is C11H17FN2. The van der Waals surface area contributed by atoms with Crippen molar-refractivity contribution in [3.63, 3.8) is 0 Å². The Morgan fingerprint density at radius 3 is 2.64 bits per heavy atom. The molecule has 0 amide bonds. The van der Waals surface area contributed by atoms with Crippen LogP contribution in [0.1, 0.15) is 38.9 Å². The summed E-state index contributed by atoms with van der Waals surface area (Å²) in [5, 5.41) is 0. The van der Waals surface area contributed by atoms with Crippen LogP contribution in [0, 0.1) is 11.2 Å². The maximum absolute atomic E-state index is 13.3. The fraction of sp³-hybridized carbons (Fsp3) is 0.545. The average Bonchev–Trinajstić information content (AvgIpc) is 2.01. The summed E-state index contributed by atoms with van der Waals surface area (Å²) in [5.41, 5.74) is 6.33. The van der Waals surface area contributed by atoms with Gasteiger partial charge in [-0.25, -0.2) is 4.39 Å². The second kappa shape index (κ2) is 4.05. The first-order valence-electron chi connectivity index (χ1n) is 4.76. The largest absolute Gasteiger partial charge is 0.323 e. The summed E-state index contributed by atoms with van der Waals surface area (Å²) in [6.45, 7) is 6.23. The Morgan fingerprint density at radius 2 is 2.14 bits per heavy atom. The van der Waals surface area contributed by atoms with E-state index in [4.69, 9.17) is 5.73 Å². The summed E-state index contributed by atoms with van der Waals surface area (Å²) in [7, 11) is 0. The Hall–Kier alpha value is -0.960. The molecular weight excluding hydrogens is 179 g/mol. The van der Waals surface area contributed by atoms with Gasteiger partial charge in [0.25, 0.3) is 0 Å². The van der Waals surface area contributed by atoms with E-state index < -0.39 is 0 Å². The van der Waals surface area contributed by atoms with Crippen molar-refractivity contribution in [2.45, 2.75) is 33.2 Å². The molecule has 1 rings (SSSR count). The zero-order chi connectivity index (χ0) is 10.8. The van der Waals surface area contributed by atoms with Crippen molar-refractivity contribution in [3.8, 4) is 0 Å². The molecule has 0 aliphatic carbocycles. The first-order chi connectivity index (χ1) is 6.40. The van der Waals surface area contributed by atoms with Crippen molar-refractivity contribution in [3.05, 3.63) is 29.8 Å². The molecule has 0 fully saturated rings. The highest BCUT2D eigenvalue weighted by Gasteiger charge is 2.20. The molecule has 78 valence electrons. The number of aromatic nitrogens is 1. The van der Waals surface area contributed by atoms with Crippen molar-refractivity contribution < 1.29 is 4.39 Å². The van der Waals surface area contributed by atoms with Crippen LogP contribution < -0.4 is 5.73 Å². The van der Waals surface area contributed by atoms with Gasteiger partial charge in [-0.15, -0.1) is 0 Å². The van der Waals surface area contributed by atoms with Crippen LogP contribution in [0.3, 0.4) is 0 Å². The molecule has 0 bridgehead atoms. The van der Waals surface area contributed by atoms with Crippen molar-refractivity contribution in [1.29, 1.82) is 0 Å². The molecule has 2 N–H and O–H groups in total. The van der Waals surface area contributed by atoms with Crippen LogP contribution >= 0.6 is 0 Å². The number of rotatable bonds is 2. The molecule has 0 aliphatic rings. The topological polar surface area (TPSA) is 38.9 Å². The van der Waals surface area contributed by atoms with E-state index in [9.17, 15) is 4.39 Å². The van der Waals surface area contributed by atoms with Gasteiger partial charge in [-0.2, -0.15) is 0 Å². The normalized spacial score (nSPS) is 14.1. The molecule has 0 spiro atoms. The van der Waals surface area contributed by atoms with E-state index in [-0.39, 0.29) is 17.3 Å². The molecule has 1 aromatic rings. The van der Waals surface area contributed by atoms with E-state index >= 15 is 0 Å². The fourth-order valence-corrected chi connectivity index (χ4v) is 1.43. The summed E-state index contributed by atoms with van der Waals surface area (Å²) >= 11 is 0. The number of halogens is 1. The van der Waals surface area contributed by atoms with Gasteiger partial charge in [0, 0.05) is 6.20 Å². The van der Waals surface area contributed by atoms with Crippen molar-refractivity contribution >= 4 is 0 Å². The molecule has 1 atom stereocenters. The van der Waals surface area contributed by atoms with Crippen LogP contribution in [0.4, 0.5) is 4.39 Å². The lowest BCUT2D eigenvalue weighted by molar-refractivity contribution is 0.335. The number of nitrogens with two attached hydrogens (primary N) is 1. The number of hydrogen-bond donors (Lipinski definition) is 1. The zero-order valence-corrected chi connectivity index (χ0v) is 8.92. The molecule has 0 saturated carbocycles. The van der Waals surface area contributed by atoms with Crippen molar-refractivity contribution in [1.82, 2.24) is 4.98 Å². The maximum atomic E-state index is 13.3. The van der Waals surface area contributed by atoms with E-state index in [0.717, 1.165) is 6.42 Å². The lowest BCUT2D eigenvalue weighted by Gasteiger charge is -2.22. The van der Waals surface area contributed by atoms with Gasteiger partial charge in [-0.1, -0.05) is 20.8 Å². The third-order valence-electron chi connectivity index (χ3n) is 1.97. The third-order valence-corrected chi connectivity index (χ3v) is 1.97. The van der Waals surface area contributed by atoms with Crippen LogP contribution in [0.15, 0.2) is 18.3 Å². The Morgan fingerprint density at radius 1 is 1.50 bits per heavy atom. The summed E-state index contributed by atoms with van der Waals surface area (Å²) in [6.07, 6.45) is 2.29. The Labute approximate surface area is 84.3 Å². The number of pyridine rings is 1. The van der Waals surface area contributed by atoms with Gasteiger partial charge in [0.15, 0.2) is 0 Å². The van der Waals surface area contributed by atoms with Crippen LogP contribution in [-0.2, 0) is 0 Å². The molecule has 0 saturated heterocycles. The molecule has 3 heteroatoms. The van der Waals surface area contributed by atoms with E-state index in [0.29, 0.717) is 5.69 Å². The molecule has 1 heterocycles. The van der Waals surface area contributed by atoms with Crippen LogP contribution in [0.25, 0.3) is 0 Å².